The van der Waals surface area contributed by atoms with Gasteiger partial charge in [0.05, 0.1) is 26.9 Å². The second kappa shape index (κ2) is 15.8. The lowest BCUT2D eigenvalue weighted by Crippen LogP contribution is -2.42. The number of carbonyl (C=O) groups excluding carboxylic acids is 1. The normalized spacial score (nSPS) is 17.1. The molecule has 0 unspecified atom stereocenters. The summed E-state index contributed by atoms with van der Waals surface area (Å²) in [5, 5.41) is 40.0. The van der Waals surface area contributed by atoms with E-state index in [4.69, 9.17) is 9.15 Å². The van der Waals surface area contributed by atoms with Crippen LogP contribution >= 0.6 is 22.7 Å². The van der Waals surface area contributed by atoms with E-state index in [1.165, 1.54) is 34.8 Å². The van der Waals surface area contributed by atoms with Crippen molar-refractivity contribution < 1.29 is 29.3 Å². The SMILES string of the molecule is CN(CCCn1c(=O)oc2cc(CNC[C@H](O)c3ccc(O)c4[nH]c(=O)ccc34)ccc21)C1CCC(OC(=O)C(O)(c2cccs2)c2cccs2)CC1. The monoisotopic (exact) mass is 758 g/mol. The first kappa shape index (κ1) is 36.8. The maximum Gasteiger partial charge on any atom is 0.419 e. The second-order valence-electron chi connectivity index (χ2n) is 13.6. The standard InChI is InChI=1S/C39H42N4O8S2/c1-42(25-8-10-26(11-9-25)50-37(47)39(49,33-5-2-19-52-33)34-6-3-20-53-34)17-4-18-43-29-14-7-24(21-32(29)51-38(43)48)22-40-23-31(45)27-12-15-30(44)36-28(27)13-16-35(46)41-36/h2-3,5-7,12-16,19-21,25-26,31,40,44-45,49H,4,8-11,17-18,22-23H2,1H3,(H,41,46)/t25?,26?,31-/m0/s1. The van der Waals surface area contributed by atoms with Crippen LogP contribution in [0.1, 0.15) is 59.1 Å². The van der Waals surface area contributed by atoms with Gasteiger partial charge in [0.1, 0.15) is 11.9 Å². The molecule has 1 fully saturated rings. The van der Waals surface area contributed by atoms with Crippen LogP contribution in [0.3, 0.4) is 0 Å². The van der Waals surface area contributed by atoms with Gasteiger partial charge < -0.3 is 39.7 Å². The highest BCUT2D eigenvalue weighted by Crippen LogP contribution is 2.38. The van der Waals surface area contributed by atoms with Crippen LogP contribution < -0.4 is 16.6 Å². The van der Waals surface area contributed by atoms with E-state index >= 15 is 0 Å². The topological polar surface area (TPSA) is 170 Å². The van der Waals surface area contributed by atoms with E-state index in [0.717, 1.165) is 36.9 Å². The van der Waals surface area contributed by atoms with Crippen molar-refractivity contribution >= 4 is 50.6 Å². The highest BCUT2D eigenvalue weighted by atomic mass is 32.1. The van der Waals surface area contributed by atoms with E-state index in [2.05, 4.69) is 22.2 Å². The van der Waals surface area contributed by atoms with Crippen LogP contribution in [-0.4, -0.2) is 68.0 Å². The third-order valence-electron chi connectivity index (χ3n) is 10.1. The minimum Gasteiger partial charge on any atom is -0.506 e. The number of nitrogens with one attached hydrogen (secondary N) is 2. The Bertz CT molecular complexity index is 2250. The quantitative estimate of drug-likeness (QED) is 0.0931. The van der Waals surface area contributed by atoms with Crippen LogP contribution in [-0.2, 0) is 28.2 Å². The molecule has 53 heavy (non-hydrogen) atoms. The molecule has 1 atom stereocenters. The Hall–Kier alpha value is -4.57. The Balaban J connectivity index is 0.881. The number of hydrogen-bond acceptors (Lipinski definition) is 12. The number of thiophene rings is 2. The summed E-state index contributed by atoms with van der Waals surface area (Å²) in [4.78, 5) is 43.9. The van der Waals surface area contributed by atoms with E-state index in [1.807, 2.05) is 41.1 Å². The predicted molar refractivity (Wildman–Crippen MR) is 204 cm³/mol. The zero-order valence-electron chi connectivity index (χ0n) is 29.2. The van der Waals surface area contributed by atoms with Crippen LogP contribution in [0.25, 0.3) is 22.0 Å². The van der Waals surface area contributed by atoms with E-state index in [9.17, 15) is 29.7 Å². The molecule has 1 saturated carbocycles. The Kier molecular flexibility index (Phi) is 11.0. The molecule has 0 radical (unpaired) electrons. The Labute approximate surface area is 312 Å². The van der Waals surface area contributed by atoms with Crippen LogP contribution in [0.15, 0.2) is 91.5 Å². The van der Waals surface area contributed by atoms with E-state index in [1.54, 1.807) is 28.8 Å². The molecule has 1 aliphatic rings. The molecular weight excluding hydrogens is 717 g/mol. The number of hydrogen-bond donors (Lipinski definition) is 5. The Morgan fingerprint density at radius 1 is 1.06 bits per heavy atom. The van der Waals surface area contributed by atoms with Gasteiger partial charge in [0.15, 0.2) is 5.58 Å². The number of phenolic OH excluding ortho intramolecular Hbond substituents is 1. The molecule has 4 heterocycles. The van der Waals surface area contributed by atoms with Crippen molar-refractivity contribution in [1.29, 1.82) is 0 Å². The number of fused-ring (bicyclic) bond motifs is 2. The molecular formula is C39H42N4O8S2. The molecule has 2 aromatic carbocycles. The first-order valence-electron chi connectivity index (χ1n) is 17.7. The summed E-state index contributed by atoms with van der Waals surface area (Å²) in [6, 6.07) is 19.1. The maximum atomic E-state index is 13.4. The number of aryl methyl sites for hydroxylation is 1. The Morgan fingerprint density at radius 3 is 2.49 bits per heavy atom. The summed E-state index contributed by atoms with van der Waals surface area (Å²) in [5.41, 5.74) is 0.816. The molecule has 1 aliphatic carbocycles. The summed E-state index contributed by atoms with van der Waals surface area (Å²) in [7, 11) is 2.08. The third kappa shape index (κ3) is 7.74. The van der Waals surface area contributed by atoms with Crippen LogP contribution in [0.2, 0.25) is 0 Å². The van der Waals surface area contributed by atoms with Crippen molar-refractivity contribution in [2.24, 2.45) is 0 Å². The number of aromatic nitrogens is 2. The zero-order valence-corrected chi connectivity index (χ0v) is 30.8. The van der Waals surface area contributed by atoms with Gasteiger partial charge in [-0.25, -0.2) is 9.59 Å². The maximum absolute atomic E-state index is 13.4. The fourth-order valence-electron chi connectivity index (χ4n) is 7.24. The van der Waals surface area contributed by atoms with Gasteiger partial charge in [0.25, 0.3) is 0 Å². The van der Waals surface area contributed by atoms with Crippen LogP contribution in [0.5, 0.6) is 5.75 Å². The minimum atomic E-state index is -1.80. The lowest BCUT2D eigenvalue weighted by atomic mass is 9.91. The number of aromatic amines is 1. The number of oxazole rings is 1. The fraction of sp³-hybridized carbons (Fsp3) is 0.359. The largest absolute Gasteiger partial charge is 0.506 e. The number of aliphatic hydroxyl groups is 2. The first-order valence-corrected chi connectivity index (χ1v) is 19.5. The van der Waals surface area contributed by atoms with Gasteiger partial charge in [-0.05, 0) is 104 Å². The van der Waals surface area contributed by atoms with Crippen molar-refractivity contribution in [2.75, 3.05) is 20.1 Å². The van der Waals surface area contributed by atoms with Crippen molar-refractivity contribution in [3.05, 3.63) is 119 Å². The predicted octanol–water partition coefficient (Wildman–Crippen LogP) is 5.20. The average Bonchev–Trinajstić information content (AvgIpc) is 3.95. The lowest BCUT2D eigenvalue weighted by Gasteiger charge is -2.35. The summed E-state index contributed by atoms with van der Waals surface area (Å²) >= 11 is 2.67. The number of pyridine rings is 1. The molecule has 14 heteroatoms. The first-order chi connectivity index (χ1) is 25.6. The van der Waals surface area contributed by atoms with Crippen LogP contribution in [0.4, 0.5) is 0 Å². The molecule has 0 saturated heterocycles. The van der Waals surface area contributed by atoms with E-state index in [-0.39, 0.29) is 29.5 Å². The Morgan fingerprint density at radius 2 is 1.79 bits per heavy atom. The number of ether oxygens (including phenoxy) is 1. The highest BCUT2D eigenvalue weighted by Gasteiger charge is 2.45. The molecule has 4 aromatic heterocycles. The van der Waals surface area contributed by atoms with Gasteiger partial charge in [0, 0.05) is 37.1 Å². The zero-order chi connectivity index (χ0) is 37.1. The van der Waals surface area contributed by atoms with Gasteiger partial charge in [-0.2, -0.15) is 0 Å². The third-order valence-corrected chi connectivity index (χ3v) is 12.1. The smallest absolute Gasteiger partial charge is 0.419 e. The molecule has 6 aromatic rings. The van der Waals surface area contributed by atoms with E-state index in [0.29, 0.717) is 58.3 Å². The number of aliphatic hydroxyl groups excluding tert-OH is 1. The van der Waals surface area contributed by atoms with Gasteiger partial charge in [-0.3, -0.25) is 9.36 Å². The summed E-state index contributed by atoms with van der Waals surface area (Å²) < 4.78 is 13.2. The number of carbonyl (C=O) groups is 1. The molecule has 12 nitrogen and oxygen atoms in total. The number of esters is 1. The lowest BCUT2D eigenvalue weighted by molar-refractivity contribution is -0.169. The van der Waals surface area contributed by atoms with Gasteiger partial charge >= 0.3 is 11.7 Å². The minimum absolute atomic E-state index is 0.0642. The number of nitrogens with zero attached hydrogens (tertiary/aromatic N) is 2. The summed E-state index contributed by atoms with van der Waals surface area (Å²) in [5.74, 6) is -1.10. The molecule has 0 aliphatic heterocycles. The van der Waals surface area contributed by atoms with Gasteiger partial charge in [-0.15, -0.1) is 22.7 Å². The number of benzene rings is 2. The molecule has 7 rings (SSSR count). The molecule has 5 N–H and O–H groups in total. The highest BCUT2D eigenvalue weighted by molar-refractivity contribution is 7.12. The van der Waals surface area contributed by atoms with Gasteiger partial charge in [0.2, 0.25) is 11.2 Å². The molecule has 0 amide bonds. The molecule has 0 bridgehead atoms. The fourth-order valence-corrected chi connectivity index (χ4v) is 8.95. The van der Waals surface area contributed by atoms with Crippen molar-refractivity contribution in [3.63, 3.8) is 0 Å². The number of phenols is 1. The summed E-state index contributed by atoms with van der Waals surface area (Å²) in [6.45, 7) is 1.92. The van der Waals surface area contributed by atoms with Crippen LogP contribution in [0, 0.1) is 0 Å². The second-order valence-corrected chi connectivity index (χ2v) is 15.5. The average molecular weight is 759 g/mol. The number of aromatic hydroxyl groups is 1. The molecule has 278 valence electrons. The van der Waals surface area contributed by atoms with Crippen molar-refractivity contribution in [1.82, 2.24) is 19.8 Å². The van der Waals surface area contributed by atoms with Crippen molar-refractivity contribution in [3.8, 4) is 5.75 Å². The van der Waals surface area contributed by atoms with E-state index < -0.39 is 23.4 Å². The van der Waals surface area contributed by atoms with Gasteiger partial charge in [-0.1, -0.05) is 24.3 Å². The summed E-state index contributed by atoms with van der Waals surface area (Å²) in [6.07, 6.45) is 2.74. The molecule has 0 spiro atoms. The van der Waals surface area contributed by atoms with Crippen molar-refractivity contribution in [2.45, 2.75) is 69.0 Å². The number of rotatable bonds is 14. The number of H-pyrrole nitrogens is 1.